The van der Waals surface area contributed by atoms with Crippen molar-refractivity contribution in [1.82, 2.24) is 0 Å². The second-order valence-corrected chi connectivity index (χ2v) is 4.22. The lowest BCUT2D eigenvalue weighted by molar-refractivity contribution is 0.122. The van der Waals surface area contributed by atoms with E-state index in [1.54, 1.807) is 7.11 Å². The molecule has 1 aliphatic rings. The van der Waals surface area contributed by atoms with Crippen molar-refractivity contribution in [2.24, 2.45) is 5.16 Å². The van der Waals surface area contributed by atoms with Gasteiger partial charge in [0.15, 0.2) is 0 Å². The zero-order valence-corrected chi connectivity index (χ0v) is 11.1. The summed E-state index contributed by atoms with van der Waals surface area (Å²) in [5, 5.41) is 4.04. The van der Waals surface area contributed by atoms with Gasteiger partial charge in [0.25, 0.3) is 0 Å². The molecule has 0 unspecified atom stereocenters. The van der Waals surface area contributed by atoms with E-state index >= 15 is 0 Å². The first-order valence-corrected chi connectivity index (χ1v) is 6.38. The molecule has 2 rings (SSSR count). The van der Waals surface area contributed by atoms with Crippen LogP contribution in [0.15, 0.2) is 29.4 Å². The smallest absolute Gasteiger partial charge is 0.106 e. The summed E-state index contributed by atoms with van der Waals surface area (Å²) < 4.78 is 5.36. The van der Waals surface area contributed by atoms with Crippen molar-refractivity contribution in [2.75, 3.05) is 38.3 Å². The molecule has 0 N–H and O–H groups in total. The first kappa shape index (κ1) is 12.9. The Morgan fingerprint density at radius 1 is 1.28 bits per heavy atom. The number of morpholine rings is 1. The molecule has 98 valence electrons. The van der Waals surface area contributed by atoms with E-state index in [1.807, 2.05) is 0 Å². The molecule has 0 radical (unpaired) electrons. The van der Waals surface area contributed by atoms with Gasteiger partial charge in [0.2, 0.25) is 0 Å². The molecule has 0 aromatic heterocycles. The van der Waals surface area contributed by atoms with Crippen molar-refractivity contribution in [1.29, 1.82) is 0 Å². The van der Waals surface area contributed by atoms with Crippen molar-refractivity contribution >= 4 is 11.4 Å². The van der Waals surface area contributed by atoms with Gasteiger partial charge in [0.1, 0.15) is 7.11 Å². The van der Waals surface area contributed by atoms with Gasteiger partial charge in [-0.25, -0.2) is 0 Å². The predicted molar refractivity (Wildman–Crippen MR) is 73.3 cm³/mol. The van der Waals surface area contributed by atoms with E-state index < -0.39 is 0 Å². The number of ether oxygens (including phenoxy) is 1. The van der Waals surface area contributed by atoms with E-state index in [9.17, 15) is 0 Å². The van der Waals surface area contributed by atoms with E-state index in [4.69, 9.17) is 9.57 Å². The maximum Gasteiger partial charge on any atom is 0.106 e. The van der Waals surface area contributed by atoms with E-state index in [0.717, 1.165) is 44.0 Å². The minimum atomic E-state index is 0.813. The van der Waals surface area contributed by atoms with Gasteiger partial charge >= 0.3 is 0 Å². The third-order valence-corrected chi connectivity index (χ3v) is 3.11. The van der Waals surface area contributed by atoms with Crippen LogP contribution in [0.5, 0.6) is 0 Å². The lowest BCUT2D eigenvalue weighted by Gasteiger charge is -2.28. The highest BCUT2D eigenvalue weighted by atomic mass is 16.6. The Bertz CT molecular complexity index is 395. The maximum absolute atomic E-state index is 5.36. The average molecular weight is 248 g/mol. The predicted octanol–water partition coefficient (Wildman–Crippen LogP) is 2.28. The van der Waals surface area contributed by atoms with Gasteiger partial charge in [-0.15, -0.1) is 0 Å². The molecule has 0 aliphatic carbocycles. The van der Waals surface area contributed by atoms with Crippen molar-refractivity contribution in [3.8, 4) is 0 Å². The van der Waals surface area contributed by atoms with Crippen LogP contribution >= 0.6 is 0 Å². The van der Waals surface area contributed by atoms with E-state index in [-0.39, 0.29) is 0 Å². The van der Waals surface area contributed by atoms with Crippen LogP contribution in [-0.4, -0.2) is 39.1 Å². The maximum atomic E-state index is 5.36. The number of benzene rings is 1. The van der Waals surface area contributed by atoms with Crippen LogP contribution in [0.2, 0.25) is 0 Å². The third-order valence-electron chi connectivity index (χ3n) is 3.11. The summed E-state index contributed by atoms with van der Waals surface area (Å²) in [6, 6.07) is 8.49. The van der Waals surface area contributed by atoms with Gasteiger partial charge in [-0.2, -0.15) is 0 Å². The van der Waals surface area contributed by atoms with Crippen molar-refractivity contribution in [2.45, 2.75) is 13.3 Å². The van der Waals surface area contributed by atoms with E-state index in [0.29, 0.717) is 0 Å². The summed E-state index contributed by atoms with van der Waals surface area (Å²) in [6.07, 6.45) is 0.866. The van der Waals surface area contributed by atoms with Crippen LogP contribution in [0.4, 0.5) is 5.69 Å². The summed E-state index contributed by atoms with van der Waals surface area (Å²) in [5.41, 5.74) is 3.34. The monoisotopic (exact) mass is 248 g/mol. The Labute approximate surface area is 108 Å². The fourth-order valence-corrected chi connectivity index (χ4v) is 2.12. The number of hydrogen-bond donors (Lipinski definition) is 0. The minimum Gasteiger partial charge on any atom is -0.399 e. The third kappa shape index (κ3) is 3.01. The fraction of sp³-hybridized carbons (Fsp3) is 0.500. The molecular weight excluding hydrogens is 228 g/mol. The van der Waals surface area contributed by atoms with Gasteiger partial charge in [-0.3, -0.25) is 0 Å². The van der Waals surface area contributed by atoms with E-state index in [1.165, 1.54) is 5.69 Å². The van der Waals surface area contributed by atoms with Crippen molar-refractivity contribution in [3.63, 3.8) is 0 Å². The summed E-state index contributed by atoms with van der Waals surface area (Å²) in [5.74, 6) is 0. The number of oxime groups is 1. The quantitative estimate of drug-likeness (QED) is 0.605. The molecule has 4 nitrogen and oxygen atoms in total. The first-order chi connectivity index (χ1) is 8.85. The van der Waals surface area contributed by atoms with Crippen LogP contribution in [0, 0.1) is 0 Å². The van der Waals surface area contributed by atoms with Crippen LogP contribution in [-0.2, 0) is 9.57 Å². The van der Waals surface area contributed by atoms with Crippen LogP contribution in [0.25, 0.3) is 0 Å². The fourth-order valence-electron chi connectivity index (χ4n) is 2.12. The van der Waals surface area contributed by atoms with E-state index in [2.05, 4.69) is 41.2 Å². The Balaban J connectivity index is 2.11. The second-order valence-electron chi connectivity index (χ2n) is 4.22. The Morgan fingerprint density at radius 3 is 2.50 bits per heavy atom. The van der Waals surface area contributed by atoms with Gasteiger partial charge in [0.05, 0.1) is 18.9 Å². The molecule has 0 atom stereocenters. The van der Waals surface area contributed by atoms with Crippen LogP contribution < -0.4 is 4.90 Å². The molecule has 18 heavy (non-hydrogen) atoms. The lowest BCUT2D eigenvalue weighted by Crippen LogP contribution is -2.36. The van der Waals surface area contributed by atoms with Gasteiger partial charge < -0.3 is 14.5 Å². The van der Waals surface area contributed by atoms with Crippen molar-refractivity contribution in [3.05, 3.63) is 29.8 Å². The highest BCUT2D eigenvalue weighted by Crippen LogP contribution is 2.17. The summed E-state index contributed by atoms with van der Waals surface area (Å²) in [6.45, 7) is 5.63. The lowest BCUT2D eigenvalue weighted by atomic mass is 10.1. The Kier molecular flexibility index (Phi) is 4.59. The van der Waals surface area contributed by atoms with Crippen molar-refractivity contribution < 1.29 is 9.57 Å². The largest absolute Gasteiger partial charge is 0.399 e. The number of anilines is 1. The molecule has 0 spiro atoms. The molecule has 4 heteroatoms. The van der Waals surface area contributed by atoms with Gasteiger partial charge in [0, 0.05) is 18.8 Å². The molecule has 1 heterocycles. The minimum absolute atomic E-state index is 0.813. The summed E-state index contributed by atoms with van der Waals surface area (Å²) >= 11 is 0. The first-order valence-electron chi connectivity index (χ1n) is 6.38. The zero-order valence-electron chi connectivity index (χ0n) is 11.1. The van der Waals surface area contributed by atoms with Gasteiger partial charge in [-0.05, 0) is 24.1 Å². The Hall–Kier alpha value is -1.55. The number of hydrogen-bond acceptors (Lipinski definition) is 4. The molecule has 1 saturated heterocycles. The molecule has 1 aromatic carbocycles. The standard InChI is InChI=1S/C14H20N2O2/c1-3-14(15-17-2)12-4-6-13(7-5-12)16-8-10-18-11-9-16/h4-7H,3,8-11H2,1-2H3. The molecule has 1 aliphatic heterocycles. The average Bonchev–Trinajstić information content (AvgIpc) is 2.46. The molecular formula is C14H20N2O2. The van der Waals surface area contributed by atoms with Crippen LogP contribution in [0.3, 0.4) is 0 Å². The zero-order chi connectivity index (χ0) is 12.8. The summed E-state index contributed by atoms with van der Waals surface area (Å²) in [7, 11) is 1.58. The highest BCUT2D eigenvalue weighted by Gasteiger charge is 2.11. The number of nitrogens with zero attached hydrogens (tertiary/aromatic N) is 2. The molecule has 1 aromatic rings. The SMILES string of the molecule is CCC(=NOC)c1ccc(N2CCOCC2)cc1. The Morgan fingerprint density at radius 2 is 1.94 bits per heavy atom. The number of rotatable bonds is 4. The van der Waals surface area contributed by atoms with Gasteiger partial charge in [-0.1, -0.05) is 24.2 Å². The molecule has 1 fully saturated rings. The van der Waals surface area contributed by atoms with Crippen LogP contribution in [0.1, 0.15) is 18.9 Å². The molecule has 0 saturated carbocycles. The summed E-state index contributed by atoms with van der Waals surface area (Å²) in [4.78, 5) is 7.20. The topological polar surface area (TPSA) is 34.1 Å². The molecule has 0 amide bonds. The second kappa shape index (κ2) is 6.40. The molecule has 0 bridgehead atoms. The highest BCUT2D eigenvalue weighted by molar-refractivity contribution is 6.00. The normalized spacial score (nSPS) is 16.8.